The predicted octanol–water partition coefficient (Wildman–Crippen LogP) is 4.65. The van der Waals surface area contributed by atoms with Crippen molar-refractivity contribution < 1.29 is 0 Å². The molecular formula is C16H27N. The topological polar surface area (TPSA) is 3.24 Å². The lowest BCUT2D eigenvalue weighted by Crippen LogP contribution is -2.25. The first-order valence-electron chi connectivity index (χ1n) is 6.95. The minimum atomic E-state index is 0.834. The normalized spacial score (nSPS) is 12.5. The predicted molar refractivity (Wildman–Crippen MR) is 77.8 cm³/mol. The number of nitrogens with zero attached hydrogens (tertiary/aromatic N) is 1. The third kappa shape index (κ3) is 4.80. The first kappa shape index (κ1) is 14.1. The number of anilines is 1. The van der Waals surface area contributed by atoms with Gasteiger partial charge in [-0.25, -0.2) is 0 Å². The van der Waals surface area contributed by atoms with Gasteiger partial charge in [0.1, 0.15) is 0 Å². The van der Waals surface area contributed by atoms with E-state index in [0.717, 1.165) is 5.92 Å². The second-order valence-corrected chi connectivity index (χ2v) is 5.14. The number of aryl methyl sites for hydroxylation is 1. The van der Waals surface area contributed by atoms with Crippen molar-refractivity contribution in [2.75, 3.05) is 18.5 Å². The van der Waals surface area contributed by atoms with Gasteiger partial charge in [0, 0.05) is 19.3 Å². The molecule has 1 rings (SSSR count). The first-order valence-corrected chi connectivity index (χ1v) is 6.95. The average Bonchev–Trinajstić information content (AvgIpc) is 2.34. The monoisotopic (exact) mass is 233 g/mol. The summed E-state index contributed by atoms with van der Waals surface area (Å²) in [5.74, 6) is 0.834. The zero-order valence-corrected chi connectivity index (χ0v) is 11.9. The molecule has 96 valence electrons. The van der Waals surface area contributed by atoms with Crippen LogP contribution in [0.3, 0.4) is 0 Å². The van der Waals surface area contributed by atoms with E-state index >= 15 is 0 Å². The lowest BCUT2D eigenvalue weighted by Gasteiger charge is -2.25. The summed E-state index contributed by atoms with van der Waals surface area (Å²) < 4.78 is 0. The maximum atomic E-state index is 2.40. The molecule has 0 bridgehead atoms. The maximum absolute atomic E-state index is 2.40. The minimum absolute atomic E-state index is 0.834. The molecule has 1 heteroatoms. The highest BCUT2D eigenvalue weighted by molar-refractivity contribution is 5.47. The molecule has 0 aliphatic rings. The Kier molecular flexibility index (Phi) is 6.10. The zero-order chi connectivity index (χ0) is 12.7. The Morgan fingerprint density at radius 2 is 2.00 bits per heavy atom. The van der Waals surface area contributed by atoms with E-state index in [-0.39, 0.29) is 0 Å². The van der Waals surface area contributed by atoms with Crippen LogP contribution in [-0.2, 0) is 0 Å². The summed E-state index contributed by atoms with van der Waals surface area (Å²) in [7, 11) is 2.21. The molecule has 0 saturated carbocycles. The van der Waals surface area contributed by atoms with Crippen LogP contribution in [0.4, 0.5) is 5.69 Å². The van der Waals surface area contributed by atoms with Crippen LogP contribution < -0.4 is 4.90 Å². The van der Waals surface area contributed by atoms with Gasteiger partial charge in [-0.1, -0.05) is 45.2 Å². The lowest BCUT2D eigenvalue weighted by molar-refractivity contribution is 0.453. The molecule has 0 saturated heterocycles. The summed E-state index contributed by atoms with van der Waals surface area (Å²) in [6, 6.07) is 8.78. The molecule has 0 N–H and O–H groups in total. The molecule has 1 nitrogen and oxygen atoms in total. The van der Waals surface area contributed by atoms with E-state index in [2.05, 4.69) is 57.0 Å². The van der Waals surface area contributed by atoms with Crippen molar-refractivity contribution >= 4 is 5.69 Å². The maximum Gasteiger partial charge on any atom is 0.0366 e. The molecule has 17 heavy (non-hydrogen) atoms. The number of hydrogen-bond acceptors (Lipinski definition) is 1. The largest absolute Gasteiger partial charge is 0.374 e. The van der Waals surface area contributed by atoms with Crippen LogP contribution >= 0.6 is 0 Å². The minimum Gasteiger partial charge on any atom is -0.374 e. The molecule has 0 spiro atoms. The van der Waals surface area contributed by atoms with Crippen LogP contribution in [0.25, 0.3) is 0 Å². The van der Waals surface area contributed by atoms with Gasteiger partial charge in [-0.15, -0.1) is 0 Å². The Hall–Kier alpha value is -0.980. The van der Waals surface area contributed by atoms with Gasteiger partial charge in [0.15, 0.2) is 0 Å². The number of benzene rings is 1. The van der Waals surface area contributed by atoms with E-state index in [4.69, 9.17) is 0 Å². The Morgan fingerprint density at radius 3 is 2.59 bits per heavy atom. The van der Waals surface area contributed by atoms with Crippen LogP contribution in [-0.4, -0.2) is 13.6 Å². The van der Waals surface area contributed by atoms with Crippen LogP contribution in [0.1, 0.15) is 45.1 Å². The van der Waals surface area contributed by atoms with Crippen LogP contribution in [0, 0.1) is 12.8 Å². The standard InChI is InChI=1S/C16H27N/c1-5-7-10-15(6-2)13-17(4)16-11-8-9-14(3)12-16/h8-9,11-12,15H,5-7,10,13H2,1-4H3. The molecule has 1 aromatic carbocycles. The van der Waals surface area contributed by atoms with Gasteiger partial charge < -0.3 is 4.90 Å². The third-order valence-electron chi connectivity index (χ3n) is 3.52. The van der Waals surface area contributed by atoms with Crippen LogP contribution in [0.2, 0.25) is 0 Å². The second-order valence-electron chi connectivity index (χ2n) is 5.14. The van der Waals surface area contributed by atoms with Crippen molar-refractivity contribution in [2.45, 2.75) is 46.5 Å². The molecule has 1 unspecified atom stereocenters. The van der Waals surface area contributed by atoms with Crippen molar-refractivity contribution in [3.05, 3.63) is 29.8 Å². The molecule has 0 radical (unpaired) electrons. The van der Waals surface area contributed by atoms with Crippen molar-refractivity contribution in [1.82, 2.24) is 0 Å². The fourth-order valence-corrected chi connectivity index (χ4v) is 2.28. The molecule has 0 aliphatic carbocycles. The van der Waals surface area contributed by atoms with E-state index in [1.54, 1.807) is 0 Å². The van der Waals surface area contributed by atoms with Crippen LogP contribution in [0.5, 0.6) is 0 Å². The third-order valence-corrected chi connectivity index (χ3v) is 3.52. The summed E-state index contributed by atoms with van der Waals surface area (Å²) in [6.07, 6.45) is 5.32. The van der Waals surface area contributed by atoms with Crippen LogP contribution in [0.15, 0.2) is 24.3 Å². The smallest absolute Gasteiger partial charge is 0.0366 e. The highest BCUT2D eigenvalue weighted by Gasteiger charge is 2.09. The fraction of sp³-hybridized carbons (Fsp3) is 0.625. The number of unbranched alkanes of at least 4 members (excludes halogenated alkanes) is 1. The molecule has 0 fully saturated rings. The SMILES string of the molecule is CCCCC(CC)CN(C)c1cccc(C)c1. The molecular weight excluding hydrogens is 206 g/mol. The van der Waals surface area contributed by atoms with Gasteiger partial charge >= 0.3 is 0 Å². The Labute approximate surface area is 107 Å². The highest BCUT2D eigenvalue weighted by Crippen LogP contribution is 2.19. The summed E-state index contributed by atoms with van der Waals surface area (Å²) in [5.41, 5.74) is 2.69. The Morgan fingerprint density at radius 1 is 1.24 bits per heavy atom. The summed E-state index contributed by atoms with van der Waals surface area (Å²) in [5, 5.41) is 0. The number of hydrogen-bond donors (Lipinski definition) is 0. The molecule has 1 atom stereocenters. The number of rotatable bonds is 7. The lowest BCUT2D eigenvalue weighted by atomic mass is 9.98. The Balaban J connectivity index is 2.54. The summed E-state index contributed by atoms with van der Waals surface area (Å²) >= 11 is 0. The van der Waals surface area contributed by atoms with Gasteiger partial charge in [-0.3, -0.25) is 0 Å². The van der Waals surface area contributed by atoms with Crippen molar-refractivity contribution in [3.8, 4) is 0 Å². The summed E-state index contributed by atoms with van der Waals surface area (Å²) in [4.78, 5) is 2.40. The summed E-state index contributed by atoms with van der Waals surface area (Å²) in [6.45, 7) is 7.92. The van der Waals surface area contributed by atoms with Crippen molar-refractivity contribution in [2.24, 2.45) is 5.92 Å². The molecule has 0 heterocycles. The molecule has 0 aromatic heterocycles. The molecule has 1 aromatic rings. The fourth-order valence-electron chi connectivity index (χ4n) is 2.28. The van der Waals surface area contributed by atoms with Gasteiger partial charge in [0.25, 0.3) is 0 Å². The highest BCUT2D eigenvalue weighted by atomic mass is 15.1. The van der Waals surface area contributed by atoms with E-state index < -0.39 is 0 Å². The van der Waals surface area contributed by atoms with E-state index in [0.29, 0.717) is 0 Å². The molecule has 0 amide bonds. The first-order chi connectivity index (χ1) is 8.17. The van der Waals surface area contributed by atoms with Gasteiger partial charge in [0.05, 0.1) is 0 Å². The van der Waals surface area contributed by atoms with Gasteiger partial charge in [0.2, 0.25) is 0 Å². The average molecular weight is 233 g/mol. The van der Waals surface area contributed by atoms with E-state index in [1.807, 2.05) is 0 Å². The van der Waals surface area contributed by atoms with Crippen molar-refractivity contribution in [3.63, 3.8) is 0 Å². The van der Waals surface area contributed by atoms with Gasteiger partial charge in [-0.05, 0) is 37.0 Å². The quantitative estimate of drug-likeness (QED) is 0.662. The van der Waals surface area contributed by atoms with E-state index in [9.17, 15) is 0 Å². The Bertz CT molecular complexity index is 319. The molecule has 0 aliphatic heterocycles. The van der Waals surface area contributed by atoms with Crippen molar-refractivity contribution in [1.29, 1.82) is 0 Å². The van der Waals surface area contributed by atoms with Gasteiger partial charge in [-0.2, -0.15) is 0 Å². The second kappa shape index (κ2) is 7.37. The van der Waals surface area contributed by atoms with E-state index in [1.165, 1.54) is 43.5 Å². The zero-order valence-electron chi connectivity index (χ0n) is 11.9.